The van der Waals surface area contributed by atoms with Crippen molar-refractivity contribution in [1.82, 2.24) is 0 Å². The Hall–Kier alpha value is -4.11. The third-order valence-corrected chi connectivity index (χ3v) is 4.61. The Morgan fingerprint density at radius 3 is 0.969 bits per heavy atom. The lowest BCUT2D eigenvalue weighted by atomic mass is 10.0. The first-order valence-electron chi connectivity index (χ1n) is 10.3. The maximum atomic E-state index is 11.8. The van der Waals surface area contributed by atoms with Crippen molar-refractivity contribution in [2.75, 3.05) is 0 Å². The minimum absolute atomic E-state index is 0.168. The van der Waals surface area contributed by atoms with E-state index in [1.165, 1.54) is 0 Å². The summed E-state index contributed by atoms with van der Waals surface area (Å²) in [6.45, 7) is 2.00. The predicted molar refractivity (Wildman–Crippen MR) is 129 cm³/mol. The van der Waals surface area contributed by atoms with Crippen LogP contribution in [0.2, 0.25) is 0 Å². The second-order valence-electron chi connectivity index (χ2n) is 6.90. The van der Waals surface area contributed by atoms with Crippen molar-refractivity contribution < 1.29 is 14.4 Å². The number of benzene rings is 4. The third-order valence-electron chi connectivity index (χ3n) is 4.61. The molecule has 4 aromatic rings. The van der Waals surface area contributed by atoms with Crippen molar-refractivity contribution in [3.8, 4) is 0 Å². The monoisotopic (exact) mass is 422 g/mol. The Labute approximate surface area is 189 Å². The standard InChI is InChI=1S/2C14H12O.CH2O/c2*15-14(13-9-5-2-6-10-13)11-12-7-3-1-4-8-12;1-2/h2*1-10H,11H2;1H2. The molecule has 0 fully saturated rings. The topological polar surface area (TPSA) is 51.2 Å². The average molecular weight is 423 g/mol. The van der Waals surface area contributed by atoms with Crippen molar-refractivity contribution in [3.63, 3.8) is 0 Å². The van der Waals surface area contributed by atoms with Gasteiger partial charge in [0.1, 0.15) is 6.79 Å². The zero-order valence-electron chi connectivity index (χ0n) is 17.9. The molecule has 4 aromatic carbocycles. The van der Waals surface area contributed by atoms with Gasteiger partial charge in [0.05, 0.1) is 0 Å². The second-order valence-corrected chi connectivity index (χ2v) is 6.90. The van der Waals surface area contributed by atoms with E-state index in [0.717, 1.165) is 22.3 Å². The predicted octanol–water partition coefficient (Wildman–Crippen LogP) is 6.04. The number of ketones is 2. The van der Waals surface area contributed by atoms with Gasteiger partial charge < -0.3 is 4.79 Å². The maximum Gasteiger partial charge on any atom is 0.167 e. The Bertz CT molecular complexity index is 971. The van der Waals surface area contributed by atoms with E-state index in [2.05, 4.69) is 0 Å². The van der Waals surface area contributed by atoms with Crippen molar-refractivity contribution in [3.05, 3.63) is 144 Å². The fraction of sp³-hybridized carbons (Fsp3) is 0.0690. The van der Waals surface area contributed by atoms with Gasteiger partial charge in [-0.15, -0.1) is 0 Å². The molecule has 0 aliphatic rings. The first kappa shape index (κ1) is 24.2. The Balaban J connectivity index is 0.000000211. The van der Waals surface area contributed by atoms with E-state index in [1.807, 2.05) is 128 Å². The van der Waals surface area contributed by atoms with E-state index in [9.17, 15) is 9.59 Å². The lowest BCUT2D eigenvalue weighted by Crippen LogP contribution is -2.02. The lowest BCUT2D eigenvalue weighted by molar-refractivity contribution is -0.0980. The van der Waals surface area contributed by atoms with Gasteiger partial charge in [-0.25, -0.2) is 0 Å². The molecule has 160 valence electrons. The molecule has 3 nitrogen and oxygen atoms in total. The van der Waals surface area contributed by atoms with Crippen LogP contribution in [-0.4, -0.2) is 18.4 Å². The van der Waals surface area contributed by atoms with E-state index in [4.69, 9.17) is 4.79 Å². The smallest absolute Gasteiger partial charge is 0.167 e. The summed E-state index contributed by atoms with van der Waals surface area (Å²) in [5, 5.41) is 0. The zero-order valence-corrected chi connectivity index (χ0v) is 17.9. The lowest BCUT2D eigenvalue weighted by Gasteiger charge is -2.00. The zero-order chi connectivity index (χ0) is 23.0. The van der Waals surface area contributed by atoms with Crippen LogP contribution in [0.4, 0.5) is 0 Å². The van der Waals surface area contributed by atoms with Crippen molar-refractivity contribution in [2.45, 2.75) is 12.8 Å². The molecule has 0 heterocycles. The number of carbonyl (C=O) groups excluding carboxylic acids is 3. The molecule has 0 spiro atoms. The number of hydrogen-bond acceptors (Lipinski definition) is 3. The van der Waals surface area contributed by atoms with Gasteiger partial charge in [-0.1, -0.05) is 121 Å². The highest BCUT2D eigenvalue weighted by molar-refractivity contribution is 5.97. The molecular weight excluding hydrogens is 396 g/mol. The van der Waals surface area contributed by atoms with Gasteiger partial charge in [0.25, 0.3) is 0 Å². The average Bonchev–Trinajstić information content (AvgIpc) is 2.88. The molecule has 0 saturated heterocycles. The van der Waals surface area contributed by atoms with E-state index >= 15 is 0 Å². The van der Waals surface area contributed by atoms with E-state index in [0.29, 0.717) is 12.8 Å². The van der Waals surface area contributed by atoms with Crippen LogP contribution in [0, 0.1) is 0 Å². The molecule has 0 saturated carbocycles. The van der Waals surface area contributed by atoms with Crippen LogP contribution in [-0.2, 0) is 17.6 Å². The van der Waals surface area contributed by atoms with Crippen LogP contribution in [0.25, 0.3) is 0 Å². The summed E-state index contributed by atoms with van der Waals surface area (Å²) in [5.74, 6) is 0.337. The maximum absolute atomic E-state index is 11.8. The highest BCUT2D eigenvalue weighted by Gasteiger charge is 2.06. The van der Waals surface area contributed by atoms with Gasteiger partial charge in [-0.2, -0.15) is 0 Å². The molecule has 0 aromatic heterocycles. The second kappa shape index (κ2) is 14.0. The van der Waals surface area contributed by atoms with E-state index in [-0.39, 0.29) is 11.6 Å². The SMILES string of the molecule is C=O.O=C(Cc1ccccc1)c1ccccc1.O=C(Cc1ccccc1)c1ccccc1. The molecular formula is C29H26O3. The van der Waals surface area contributed by atoms with Crippen molar-refractivity contribution >= 4 is 18.4 Å². The molecule has 4 rings (SSSR count). The van der Waals surface area contributed by atoms with Crippen LogP contribution in [0.5, 0.6) is 0 Å². The van der Waals surface area contributed by atoms with Crippen LogP contribution < -0.4 is 0 Å². The fourth-order valence-electron chi connectivity index (χ4n) is 3.01. The molecule has 0 aliphatic carbocycles. The normalized spacial score (nSPS) is 9.38. The summed E-state index contributed by atoms with van der Waals surface area (Å²) in [4.78, 5) is 31.6. The molecule has 0 amide bonds. The van der Waals surface area contributed by atoms with Gasteiger partial charge in [-0.05, 0) is 11.1 Å². The van der Waals surface area contributed by atoms with Gasteiger partial charge in [0.15, 0.2) is 11.6 Å². The molecule has 0 N–H and O–H groups in total. The Morgan fingerprint density at radius 2 is 0.688 bits per heavy atom. The molecule has 0 bridgehead atoms. The first-order valence-corrected chi connectivity index (χ1v) is 10.3. The summed E-state index contributed by atoms with van der Waals surface area (Å²) in [5.41, 5.74) is 3.68. The number of Topliss-reactive ketones (excluding diaryl/α,β-unsaturated/α-hetero) is 2. The van der Waals surface area contributed by atoms with E-state index < -0.39 is 0 Å². The molecule has 0 atom stereocenters. The quantitative estimate of drug-likeness (QED) is 0.356. The van der Waals surface area contributed by atoms with Crippen molar-refractivity contribution in [2.24, 2.45) is 0 Å². The Kier molecular flexibility index (Phi) is 10.6. The number of rotatable bonds is 6. The summed E-state index contributed by atoms with van der Waals surface area (Å²) in [7, 11) is 0. The van der Waals surface area contributed by atoms with E-state index in [1.54, 1.807) is 0 Å². The van der Waals surface area contributed by atoms with Crippen LogP contribution in [0.1, 0.15) is 31.8 Å². The van der Waals surface area contributed by atoms with Crippen LogP contribution >= 0.6 is 0 Å². The van der Waals surface area contributed by atoms with Gasteiger partial charge >= 0.3 is 0 Å². The fourth-order valence-corrected chi connectivity index (χ4v) is 3.01. The summed E-state index contributed by atoms with van der Waals surface area (Å²) in [6.07, 6.45) is 0.954. The van der Waals surface area contributed by atoms with Crippen molar-refractivity contribution in [1.29, 1.82) is 0 Å². The molecule has 0 unspecified atom stereocenters. The largest absolute Gasteiger partial charge is 0.307 e. The van der Waals surface area contributed by atoms with Gasteiger partial charge in [0, 0.05) is 24.0 Å². The third kappa shape index (κ3) is 8.33. The molecule has 0 aliphatic heterocycles. The minimum Gasteiger partial charge on any atom is -0.307 e. The summed E-state index contributed by atoms with van der Waals surface area (Å²) < 4.78 is 0. The number of hydrogen-bond donors (Lipinski definition) is 0. The Morgan fingerprint density at radius 1 is 0.438 bits per heavy atom. The van der Waals surface area contributed by atoms with Gasteiger partial charge in [0.2, 0.25) is 0 Å². The highest BCUT2D eigenvalue weighted by Crippen LogP contribution is 2.08. The first-order chi connectivity index (χ1) is 15.7. The van der Waals surface area contributed by atoms with Gasteiger partial charge in [-0.3, -0.25) is 9.59 Å². The van der Waals surface area contributed by atoms with Crippen LogP contribution in [0.15, 0.2) is 121 Å². The van der Waals surface area contributed by atoms with Crippen LogP contribution in [0.3, 0.4) is 0 Å². The molecule has 32 heavy (non-hydrogen) atoms. The summed E-state index contributed by atoms with van der Waals surface area (Å²) in [6, 6.07) is 38.4. The molecule has 3 heteroatoms. The molecule has 0 radical (unpaired) electrons. The highest BCUT2D eigenvalue weighted by atomic mass is 16.1. The summed E-state index contributed by atoms with van der Waals surface area (Å²) >= 11 is 0. The number of carbonyl (C=O) groups is 3. The minimum atomic E-state index is 0.168.